The van der Waals surface area contributed by atoms with Crippen LogP contribution in [0.3, 0.4) is 0 Å². The second kappa shape index (κ2) is 14.8. The molecule has 0 aliphatic heterocycles. The number of nitrogens with two attached hydrogens (primary N) is 3. The number of carboxylic acid groups (broad SMARTS) is 1. The van der Waals surface area contributed by atoms with Gasteiger partial charge in [0.15, 0.2) is 0 Å². The molecule has 0 aliphatic carbocycles. The summed E-state index contributed by atoms with van der Waals surface area (Å²) in [7, 11) is 0. The zero-order chi connectivity index (χ0) is 28.9. The van der Waals surface area contributed by atoms with E-state index in [4.69, 9.17) is 17.2 Å². The molecule has 0 bridgehead atoms. The van der Waals surface area contributed by atoms with Gasteiger partial charge < -0.3 is 38.3 Å². The van der Waals surface area contributed by atoms with Crippen LogP contribution in [0.5, 0.6) is 0 Å². The van der Waals surface area contributed by atoms with Gasteiger partial charge >= 0.3 is 5.97 Å². The molecule has 0 aromatic heterocycles. The Morgan fingerprint density at radius 3 is 1.51 bits per heavy atom. The molecule has 0 aliphatic rings. The minimum absolute atomic E-state index is 0.0147. The number of rotatable bonds is 15. The number of hydrogen-bond acceptors (Lipinski definition) is 7. The fourth-order valence-electron chi connectivity index (χ4n) is 3.65. The maximum atomic E-state index is 13.3. The predicted molar refractivity (Wildman–Crippen MR) is 139 cm³/mol. The summed E-state index contributed by atoms with van der Waals surface area (Å²) in [6, 6.07) is 12.2. The number of carbonyl (C=O) groups excluding carboxylic acids is 5. The molecule has 5 amide bonds. The Morgan fingerprint density at radius 2 is 1.03 bits per heavy atom. The summed E-state index contributed by atoms with van der Waals surface area (Å²) in [6.07, 6.45) is -1.18. The Hall–Kier alpha value is -4.78. The van der Waals surface area contributed by atoms with Gasteiger partial charge in [-0.25, -0.2) is 4.79 Å². The van der Waals surface area contributed by atoms with Gasteiger partial charge in [0.2, 0.25) is 29.5 Å². The van der Waals surface area contributed by atoms with E-state index in [9.17, 15) is 33.9 Å². The molecule has 2 aromatic carbocycles. The molecule has 0 radical (unpaired) electrons. The van der Waals surface area contributed by atoms with Crippen LogP contribution in [0, 0.1) is 0 Å². The van der Waals surface area contributed by atoms with Crippen molar-refractivity contribution in [2.24, 2.45) is 17.2 Å². The standard InChI is InChI=1S/C26H32N6O7/c27-17(11-15-7-3-1-4-8-15)23(35)30-18(12-16-9-5-2-6-10-16)24(36)31-19(13-21(28)33)25(37)32-20(26(38)39)14-22(29)34/h1-10,17-20H,11-14,27H2,(H2,28,33)(H2,29,34)(H,30,35)(H,31,36)(H,32,37)(H,38,39). The maximum absolute atomic E-state index is 13.3. The minimum Gasteiger partial charge on any atom is -0.480 e. The van der Waals surface area contributed by atoms with Crippen LogP contribution in [0.25, 0.3) is 0 Å². The summed E-state index contributed by atoms with van der Waals surface area (Å²) < 4.78 is 0. The largest absolute Gasteiger partial charge is 0.480 e. The highest BCUT2D eigenvalue weighted by Crippen LogP contribution is 2.07. The third kappa shape index (κ3) is 10.6. The molecule has 13 heteroatoms. The summed E-state index contributed by atoms with van der Waals surface area (Å²) in [5.74, 6) is -6.06. The fourth-order valence-corrected chi connectivity index (χ4v) is 3.65. The van der Waals surface area contributed by atoms with E-state index in [1.54, 1.807) is 54.6 Å². The molecule has 2 rings (SSSR count). The molecule has 4 atom stereocenters. The predicted octanol–water partition coefficient (Wildman–Crippen LogP) is -1.91. The summed E-state index contributed by atoms with van der Waals surface area (Å²) in [4.78, 5) is 73.1. The van der Waals surface area contributed by atoms with Gasteiger partial charge in [0.25, 0.3) is 0 Å². The van der Waals surface area contributed by atoms with Crippen LogP contribution in [0.4, 0.5) is 0 Å². The molecule has 2 aromatic rings. The highest BCUT2D eigenvalue weighted by molar-refractivity contribution is 5.96. The smallest absolute Gasteiger partial charge is 0.326 e. The second-order valence-corrected chi connectivity index (χ2v) is 8.85. The average Bonchev–Trinajstić information content (AvgIpc) is 2.88. The van der Waals surface area contributed by atoms with Crippen LogP contribution in [0.1, 0.15) is 24.0 Å². The monoisotopic (exact) mass is 540 g/mol. The lowest BCUT2D eigenvalue weighted by Crippen LogP contribution is -2.58. The zero-order valence-electron chi connectivity index (χ0n) is 21.0. The molecule has 0 fully saturated rings. The summed E-state index contributed by atoms with van der Waals surface area (Å²) in [5, 5.41) is 16.3. The van der Waals surface area contributed by atoms with Crippen LogP contribution in [-0.2, 0) is 41.6 Å². The maximum Gasteiger partial charge on any atom is 0.326 e. The van der Waals surface area contributed by atoms with E-state index in [2.05, 4.69) is 16.0 Å². The lowest BCUT2D eigenvalue weighted by atomic mass is 10.0. The number of amides is 5. The van der Waals surface area contributed by atoms with Crippen LogP contribution >= 0.6 is 0 Å². The first-order valence-electron chi connectivity index (χ1n) is 12.0. The Balaban J connectivity index is 2.22. The third-order valence-electron chi connectivity index (χ3n) is 5.61. The summed E-state index contributed by atoms with van der Waals surface area (Å²) in [6.45, 7) is 0. The summed E-state index contributed by atoms with van der Waals surface area (Å²) >= 11 is 0. The first kappa shape index (κ1) is 30.4. The molecule has 208 valence electrons. The van der Waals surface area contributed by atoms with Gasteiger partial charge in [-0.2, -0.15) is 0 Å². The number of carbonyl (C=O) groups is 6. The van der Waals surface area contributed by atoms with Crippen LogP contribution in [0.2, 0.25) is 0 Å². The van der Waals surface area contributed by atoms with E-state index in [0.717, 1.165) is 5.56 Å². The molecule has 4 unspecified atom stereocenters. The lowest BCUT2D eigenvalue weighted by molar-refractivity contribution is -0.144. The Morgan fingerprint density at radius 1 is 0.615 bits per heavy atom. The zero-order valence-corrected chi connectivity index (χ0v) is 21.0. The van der Waals surface area contributed by atoms with Crippen LogP contribution in [-0.4, -0.2) is 64.8 Å². The highest BCUT2D eigenvalue weighted by Gasteiger charge is 2.32. The first-order valence-corrected chi connectivity index (χ1v) is 12.0. The lowest BCUT2D eigenvalue weighted by Gasteiger charge is -2.25. The topological polar surface area (TPSA) is 237 Å². The number of carboxylic acids is 1. The van der Waals surface area contributed by atoms with Crippen molar-refractivity contribution < 1.29 is 33.9 Å². The number of aliphatic carboxylic acids is 1. The fraction of sp³-hybridized carbons (Fsp3) is 0.308. The molecular weight excluding hydrogens is 508 g/mol. The van der Waals surface area contributed by atoms with E-state index >= 15 is 0 Å². The minimum atomic E-state index is -1.70. The van der Waals surface area contributed by atoms with Crippen LogP contribution < -0.4 is 33.2 Å². The van der Waals surface area contributed by atoms with Gasteiger partial charge in [0.1, 0.15) is 18.1 Å². The van der Waals surface area contributed by atoms with Gasteiger partial charge in [0.05, 0.1) is 18.9 Å². The number of primary amides is 2. The number of nitrogens with one attached hydrogen (secondary N) is 3. The molecule has 10 N–H and O–H groups in total. The molecule has 0 spiro atoms. The number of hydrogen-bond donors (Lipinski definition) is 7. The first-order chi connectivity index (χ1) is 18.5. The van der Waals surface area contributed by atoms with Crippen molar-refractivity contribution in [3.63, 3.8) is 0 Å². The molecule has 0 saturated heterocycles. The van der Waals surface area contributed by atoms with Gasteiger partial charge in [0, 0.05) is 6.42 Å². The third-order valence-corrected chi connectivity index (χ3v) is 5.61. The van der Waals surface area contributed by atoms with Gasteiger partial charge in [-0.1, -0.05) is 60.7 Å². The Bertz CT molecular complexity index is 1180. The average molecular weight is 541 g/mol. The molecule has 39 heavy (non-hydrogen) atoms. The quantitative estimate of drug-likeness (QED) is 0.134. The SMILES string of the molecule is NC(=O)CC(NC(=O)C(CC(N)=O)NC(=O)C(Cc1ccccc1)NC(=O)C(N)Cc1ccccc1)C(=O)O. The Labute approximate surface area is 224 Å². The van der Waals surface area contributed by atoms with Crippen molar-refractivity contribution in [2.75, 3.05) is 0 Å². The van der Waals surface area contributed by atoms with Gasteiger partial charge in [-0.3, -0.25) is 24.0 Å². The van der Waals surface area contributed by atoms with Crippen molar-refractivity contribution in [1.82, 2.24) is 16.0 Å². The molecule has 0 saturated carbocycles. The van der Waals surface area contributed by atoms with Gasteiger partial charge in [-0.05, 0) is 17.5 Å². The molecule has 0 heterocycles. The van der Waals surface area contributed by atoms with Gasteiger partial charge in [-0.15, -0.1) is 0 Å². The Kier molecular flexibility index (Phi) is 11.6. The molecular formula is C26H32N6O7. The normalized spacial score (nSPS) is 13.7. The van der Waals surface area contributed by atoms with E-state index in [1.807, 2.05) is 6.07 Å². The van der Waals surface area contributed by atoms with Crippen molar-refractivity contribution in [3.8, 4) is 0 Å². The van der Waals surface area contributed by atoms with E-state index in [1.165, 1.54) is 0 Å². The highest BCUT2D eigenvalue weighted by atomic mass is 16.4. The van der Waals surface area contributed by atoms with Crippen LogP contribution in [0.15, 0.2) is 60.7 Å². The van der Waals surface area contributed by atoms with E-state index < -0.39 is 72.5 Å². The van der Waals surface area contributed by atoms with Crippen molar-refractivity contribution in [1.29, 1.82) is 0 Å². The summed E-state index contributed by atoms with van der Waals surface area (Å²) in [5.41, 5.74) is 17.8. The van der Waals surface area contributed by atoms with Crippen molar-refractivity contribution in [2.45, 2.75) is 49.9 Å². The number of benzene rings is 2. The van der Waals surface area contributed by atoms with E-state index in [0.29, 0.717) is 5.56 Å². The van der Waals surface area contributed by atoms with E-state index in [-0.39, 0.29) is 12.8 Å². The van der Waals surface area contributed by atoms with Crippen molar-refractivity contribution >= 4 is 35.5 Å². The molecule has 13 nitrogen and oxygen atoms in total. The second-order valence-electron chi connectivity index (χ2n) is 8.85. The van der Waals surface area contributed by atoms with Crippen molar-refractivity contribution in [3.05, 3.63) is 71.8 Å².